The number of hydrogen-bond acceptors (Lipinski definition) is 3. The van der Waals surface area contributed by atoms with E-state index < -0.39 is 0 Å². The fraction of sp³-hybridized carbons (Fsp3) is 0.300. The minimum absolute atomic E-state index is 0.0629. The Morgan fingerprint density at radius 1 is 1.04 bits per heavy atom. The highest BCUT2D eigenvalue weighted by Gasteiger charge is 2.16. The van der Waals surface area contributed by atoms with Gasteiger partial charge in [0.15, 0.2) is 0 Å². The molecule has 0 aromatic heterocycles. The van der Waals surface area contributed by atoms with Crippen LogP contribution in [-0.2, 0) is 9.59 Å². The van der Waals surface area contributed by atoms with Crippen molar-refractivity contribution >= 4 is 23.6 Å². The van der Waals surface area contributed by atoms with Gasteiger partial charge >= 0.3 is 0 Å². The number of carbonyl (C=O) groups excluding carboxylic acids is 2. The highest BCUT2D eigenvalue weighted by Crippen LogP contribution is 2.18. The van der Waals surface area contributed by atoms with Crippen molar-refractivity contribution in [3.63, 3.8) is 0 Å². The van der Waals surface area contributed by atoms with Gasteiger partial charge in [-0.2, -0.15) is 0 Å². The second-order valence-corrected chi connectivity index (χ2v) is 7.05. The Bertz CT molecular complexity index is 687. The molecule has 1 unspecified atom stereocenters. The van der Waals surface area contributed by atoms with Crippen molar-refractivity contribution in [2.24, 2.45) is 0 Å². The van der Waals surface area contributed by atoms with Gasteiger partial charge in [0.05, 0.1) is 12.5 Å². The molecule has 5 heteroatoms. The second-order valence-electron chi connectivity index (χ2n) is 5.88. The van der Waals surface area contributed by atoms with E-state index in [9.17, 15) is 9.59 Å². The zero-order valence-corrected chi connectivity index (χ0v) is 15.4. The first-order valence-corrected chi connectivity index (χ1v) is 9.31. The number of nitrogens with one attached hydrogen (secondary N) is 2. The predicted molar refractivity (Wildman–Crippen MR) is 103 cm³/mol. The Labute approximate surface area is 153 Å². The molecule has 0 aliphatic rings. The van der Waals surface area contributed by atoms with Crippen molar-refractivity contribution in [2.75, 3.05) is 12.3 Å². The van der Waals surface area contributed by atoms with Crippen LogP contribution >= 0.6 is 11.8 Å². The van der Waals surface area contributed by atoms with Gasteiger partial charge in [0, 0.05) is 24.1 Å². The third kappa shape index (κ3) is 7.01. The molecule has 2 amide bonds. The number of thioether (sulfide) groups is 1. The van der Waals surface area contributed by atoms with Crippen molar-refractivity contribution in [2.45, 2.75) is 31.2 Å². The second kappa shape index (κ2) is 9.89. The summed E-state index contributed by atoms with van der Waals surface area (Å²) in [4.78, 5) is 24.8. The summed E-state index contributed by atoms with van der Waals surface area (Å²) < 4.78 is 0. The van der Waals surface area contributed by atoms with E-state index in [2.05, 4.69) is 41.8 Å². The molecule has 2 aromatic carbocycles. The summed E-state index contributed by atoms with van der Waals surface area (Å²) in [6.45, 7) is 4.12. The van der Waals surface area contributed by atoms with Gasteiger partial charge in [0.2, 0.25) is 11.8 Å². The fourth-order valence-corrected chi connectivity index (χ4v) is 3.20. The number of rotatable bonds is 8. The third-order valence-corrected chi connectivity index (χ3v) is 4.70. The molecule has 1 atom stereocenters. The Morgan fingerprint density at radius 3 is 2.36 bits per heavy atom. The molecular formula is C20H24N2O2S. The summed E-state index contributed by atoms with van der Waals surface area (Å²) in [6.07, 6.45) is 0.235. The minimum atomic E-state index is -0.302. The monoisotopic (exact) mass is 356 g/mol. The summed E-state index contributed by atoms with van der Waals surface area (Å²) in [5, 5.41) is 5.77. The van der Waals surface area contributed by atoms with Gasteiger partial charge in [-0.3, -0.25) is 9.59 Å². The van der Waals surface area contributed by atoms with Crippen LogP contribution in [0.4, 0.5) is 0 Å². The van der Waals surface area contributed by atoms with Gasteiger partial charge in [-0.15, -0.1) is 11.8 Å². The van der Waals surface area contributed by atoms with Crippen LogP contribution in [-0.4, -0.2) is 24.1 Å². The first-order valence-electron chi connectivity index (χ1n) is 8.33. The van der Waals surface area contributed by atoms with E-state index in [1.54, 1.807) is 11.8 Å². The molecular weight excluding hydrogens is 332 g/mol. The normalized spacial score (nSPS) is 11.6. The van der Waals surface area contributed by atoms with Crippen molar-refractivity contribution in [1.29, 1.82) is 0 Å². The van der Waals surface area contributed by atoms with Crippen molar-refractivity contribution < 1.29 is 9.59 Å². The molecule has 25 heavy (non-hydrogen) atoms. The summed E-state index contributed by atoms with van der Waals surface area (Å²) >= 11 is 1.71. The lowest BCUT2D eigenvalue weighted by atomic mass is 10.0. The summed E-state index contributed by atoms with van der Waals surface area (Å²) in [5.41, 5.74) is 2.17. The summed E-state index contributed by atoms with van der Waals surface area (Å²) in [7, 11) is 0. The van der Waals surface area contributed by atoms with Gasteiger partial charge in [0.25, 0.3) is 0 Å². The van der Waals surface area contributed by atoms with Crippen LogP contribution in [0.1, 0.15) is 30.5 Å². The standard InChI is InChI=1S/C20H24N2O2S/c1-15-8-10-18(11-9-15)25-13-12-21-20(24)14-19(22-16(2)23)17-6-4-3-5-7-17/h3-11,19H,12-14H2,1-2H3,(H,21,24)(H,22,23). The Kier molecular flexibility index (Phi) is 7.54. The van der Waals surface area contributed by atoms with E-state index in [1.165, 1.54) is 17.4 Å². The highest BCUT2D eigenvalue weighted by atomic mass is 32.2. The lowest BCUT2D eigenvalue weighted by molar-refractivity contribution is -0.122. The van der Waals surface area contributed by atoms with Gasteiger partial charge < -0.3 is 10.6 Å². The van der Waals surface area contributed by atoms with Gasteiger partial charge in [0.1, 0.15) is 0 Å². The maximum atomic E-state index is 12.2. The molecule has 2 N–H and O–H groups in total. The zero-order valence-electron chi connectivity index (χ0n) is 14.6. The third-order valence-electron chi connectivity index (χ3n) is 3.68. The maximum absolute atomic E-state index is 12.2. The topological polar surface area (TPSA) is 58.2 Å². The molecule has 0 heterocycles. The maximum Gasteiger partial charge on any atom is 0.222 e. The summed E-state index contributed by atoms with van der Waals surface area (Å²) in [6, 6.07) is 17.6. The van der Waals surface area contributed by atoms with Crippen LogP contribution in [0.25, 0.3) is 0 Å². The molecule has 0 bridgehead atoms. The molecule has 4 nitrogen and oxygen atoms in total. The number of benzene rings is 2. The quantitative estimate of drug-likeness (QED) is 0.562. The summed E-state index contributed by atoms with van der Waals surface area (Å²) in [5.74, 6) is 0.606. The van der Waals surface area contributed by atoms with Crippen molar-refractivity contribution in [3.8, 4) is 0 Å². The first kappa shape index (κ1) is 19.1. The Morgan fingerprint density at radius 2 is 1.72 bits per heavy atom. The van der Waals surface area contributed by atoms with Crippen LogP contribution in [0, 0.1) is 6.92 Å². The number of amides is 2. The number of aryl methyl sites for hydroxylation is 1. The van der Waals surface area contributed by atoms with E-state index in [-0.39, 0.29) is 24.3 Å². The van der Waals surface area contributed by atoms with Gasteiger partial charge in [-0.25, -0.2) is 0 Å². The van der Waals surface area contributed by atoms with Crippen LogP contribution in [0.5, 0.6) is 0 Å². The lowest BCUT2D eigenvalue weighted by Gasteiger charge is -2.18. The Hall–Kier alpha value is -2.27. The minimum Gasteiger partial charge on any atom is -0.355 e. The first-order chi connectivity index (χ1) is 12.0. The van der Waals surface area contributed by atoms with E-state index in [0.29, 0.717) is 6.54 Å². The average molecular weight is 356 g/mol. The van der Waals surface area contributed by atoms with E-state index in [1.807, 2.05) is 30.3 Å². The predicted octanol–water partition coefficient (Wildman–Crippen LogP) is 3.47. The average Bonchev–Trinajstić information content (AvgIpc) is 2.60. The van der Waals surface area contributed by atoms with Crippen molar-refractivity contribution in [1.82, 2.24) is 10.6 Å². The fourth-order valence-electron chi connectivity index (χ4n) is 2.43. The molecule has 132 valence electrons. The largest absolute Gasteiger partial charge is 0.355 e. The molecule has 0 spiro atoms. The molecule has 0 fully saturated rings. The van der Waals surface area contributed by atoms with E-state index in [4.69, 9.17) is 0 Å². The lowest BCUT2D eigenvalue weighted by Crippen LogP contribution is -2.33. The van der Waals surface area contributed by atoms with Gasteiger partial charge in [-0.05, 0) is 24.6 Å². The molecule has 2 aromatic rings. The van der Waals surface area contributed by atoms with E-state index in [0.717, 1.165) is 11.3 Å². The smallest absolute Gasteiger partial charge is 0.222 e. The Balaban J connectivity index is 1.78. The molecule has 2 rings (SSSR count). The molecule has 0 saturated heterocycles. The van der Waals surface area contributed by atoms with Crippen molar-refractivity contribution in [3.05, 3.63) is 65.7 Å². The molecule has 0 saturated carbocycles. The number of hydrogen-bond donors (Lipinski definition) is 2. The molecule has 0 radical (unpaired) electrons. The highest BCUT2D eigenvalue weighted by molar-refractivity contribution is 7.99. The molecule has 0 aliphatic carbocycles. The zero-order chi connectivity index (χ0) is 18.1. The SMILES string of the molecule is CC(=O)NC(CC(=O)NCCSc1ccc(C)cc1)c1ccccc1. The van der Waals surface area contributed by atoms with Crippen LogP contribution in [0.3, 0.4) is 0 Å². The number of carbonyl (C=O) groups is 2. The van der Waals surface area contributed by atoms with Gasteiger partial charge in [-0.1, -0.05) is 48.0 Å². The molecule has 0 aliphatic heterocycles. The van der Waals surface area contributed by atoms with Crippen LogP contribution in [0.2, 0.25) is 0 Å². The van der Waals surface area contributed by atoms with Crippen LogP contribution < -0.4 is 10.6 Å². The van der Waals surface area contributed by atoms with Crippen LogP contribution in [0.15, 0.2) is 59.5 Å². The van der Waals surface area contributed by atoms with E-state index >= 15 is 0 Å².